The van der Waals surface area contributed by atoms with Gasteiger partial charge in [-0.15, -0.1) is 0 Å². The molecule has 0 aliphatic carbocycles. The third-order valence-corrected chi connectivity index (χ3v) is 3.09. The number of nitrogens with zero attached hydrogens (tertiary/aromatic N) is 2. The molecule has 0 saturated heterocycles. The Bertz CT molecular complexity index is 500. The summed E-state index contributed by atoms with van der Waals surface area (Å²) < 4.78 is 24.9. The van der Waals surface area contributed by atoms with Gasteiger partial charge in [-0.2, -0.15) is 0 Å². The molecule has 0 aliphatic heterocycles. The van der Waals surface area contributed by atoms with Crippen molar-refractivity contribution in [2.24, 2.45) is 0 Å². The van der Waals surface area contributed by atoms with Crippen LogP contribution in [-0.4, -0.2) is 36.7 Å². The van der Waals surface area contributed by atoms with Crippen LogP contribution in [0.15, 0.2) is 12.3 Å². The summed E-state index contributed by atoms with van der Waals surface area (Å²) in [6.07, 6.45) is 2.86. The second-order valence-corrected chi connectivity index (χ2v) is 6.71. The molecule has 6 nitrogen and oxygen atoms in total. The Labute approximate surface area is 108 Å². The Hall–Kier alpha value is -1.05. The van der Waals surface area contributed by atoms with E-state index < -0.39 is 15.6 Å². The average Bonchev–Trinajstić information content (AvgIpc) is 2.13. The smallest absolute Gasteiger partial charge is 0.209 e. The summed E-state index contributed by atoms with van der Waals surface area (Å²) in [6.45, 7) is 6.58. The number of hydrogen-bond acceptors (Lipinski definition) is 5. The van der Waals surface area contributed by atoms with Crippen LogP contribution in [0, 0.1) is 6.92 Å². The zero-order valence-corrected chi connectivity index (χ0v) is 12.0. The molecule has 1 heterocycles. The lowest BCUT2D eigenvalue weighted by Gasteiger charge is -2.25. The monoisotopic (exact) mass is 272 g/mol. The van der Waals surface area contributed by atoms with Crippen molar-refractivity contribution < 1.29 is 8.42 Å². The lowest BCUT2D eigenvalue weighted by atomic mass is 10.1. The van der Waals surface area contributed by atoms with Crippen LogP contribution >= 0.6 is 0 Å². The highest BCUT2D eigenvalue weighted by molar-refractivity contribution is 7.88. The topological polar surface area (TPSA) is 84.0 Å². The quantitative estimate of drug-likeness (QED) is 0.773. The summed E-state index contributed by atoms with van der Waals surface area (Å²) in [7, 11) is -3.20. The third kappa shape index (κ3) is 6.04. The predicted molar refractivity (Wildman–Crippen MR) is 70.5 cm³/mol. The Morgan fingerprint density at radius 1 is 1.39 bits per heavy atom. The fourth-order valence-corrected chi connectivity index (χ4v) is 2.72. The number of aryl methyl sites for hydroxylation is 1. The first kappa shape index (κ1) is 15.0. The van der Waals surface area contributed by atoms with Gasteiger partial charge in [-0.05, 0) is 26.8 Å². The Morgan fingerprint density at radius 2 is 2.06 bits per heavy atom. The van der Waals surface area contributed by atoms with E-state index in [1.54, 1.807) is 6.20 Å². The maximum atomic E-state index is 11.2. The fourth-order valence-electron chi connectivity index (χ4n) is 1.64. The second-order valence-electron chi connectivity index (χ2n) is 4.96. The van der Waals surface area contributed by atoms with Gasteiger partial charge < -0.3 is 5.32 Å². The SMILES string of the molecule is Cc1nccc(CNCC(C)(C)NS(C)(=O)=O)n1. The van der Waals surface area contributed by atoms with Gasteiger partial charge in [0.25, 0.3) is 0 Å². The van der Waals surface area contributed by atoms with E-state index in [1.807, 2.05) is 26.8 Å². The van der Waals surface area contributed by atoms with Gasteiger partial charge in [0.05, 0.1) is 11.9 Å². The molecule has 0 fully saturated rings. The summed E-state index contributed by atoms with van der Waals surface area (Å²) in [6, 6.07) is 1.83. The number of aromatic nitrogens is 2. The second kappa shape index (κ2) is 5.73. The summed E-state index contributed by atoms with van der Waals surface area (Å²) >= 11 is 0. The Morgan fingerprint density at radius 3 is 2.61 bits per heavy atom. The molecule has 1 rings (SSSR count). The third-order valence-electron chi connectivity index (χ3n) is 2.17. The molecule has 1 aromatic rings. The lowest BCUT2D eigenvalue weighted by Crippen LogP contribution is -2.49. The summed E-state index contributed by atoms with van der Waals surface area (Å²) in [5.41, 5.74) is 0.355. The standard InChI is InChI=1S/C11H20N4O2S/c1-9-13-6-5-10(14-9)7-12-8-11(2,3)15-18(4,16)17/h5-6,12,15H,7-8H2,1-4H3. The molecule has 0 spiro atoms. The van der Waals surface area contributed by atoms with E-state index in [4.69, 9.17) is 0 Å². The zero-order chi connectivity index (χ0) is 13.8. The van der Waals surface area contributed by atoms with Gasteiger partial charge in [-0.1, -0.05) is 0 Å². The molecule has 0 atom stereocenters. The molecule has 7 heteroatoms. The van der Waals surface area contributed by atoms with Crippen molar-refractivity contribution in [3.05, 3.63) is 23.8 Å². The van der Waals surface area contributed by atoms with Crippen LogP contribution in [0.25, 0.3) is 0 Å². The first-order chi connectivity index (χ1) is 8.18. The molecule has 18 heavy (non-hydrogen) atoms. The van der Waals surface area contributed by atoms with Crippen molar-refractivity contribution in [2.75, 3.05) is 12.8 Å². The minimum Gasteiger partial charge on any atom is -0.309 e. The first-order valence-electron chi connectivity index (χ1n) is 5.66. The highest BCUT2D eigenvalue weighted by Gasteiger charge is 2.21. The molecule has 2 N–H and O–H groups in total. The van der Waals surface area contributed by atoms with Gasteiger partial charge in [0, 0.05) is 24.8 Å². The Kier molecular flexibility index (Phi) is 4.78. The summed E-state index contributed by atoms with van der Waals surface area (Å²) in [4.78, 5) is 8.27. The number of rotatable bonds is 6. The van der Waals surface area contributed by atoms with Crippen molar-refractivity contribution in [2.45, 2.75) is 32.9 Å². The number of nitrogens with one attached hydrogen (secondary N) is 2. The molecular weight excluding hydrogens is 252 g/mol. The first-order valence-corrected chi connectivity index (χ1v) is 7.55. The molecule has 0 unspecified atom stereocenters. The minimum atomic E-state index is -3.20. The van der Waals surface area contributed by atoms with Crippen molar-refractivity contribution in [1.82, 2.24) is 20.0 Å². The van der Waals surface area contributed by atoms with Crippen LogP contribution in [0.3, 0.4) is 0 Å². The fraction of sp³-hybridized carbons (Fsp3) is 0.636. The Balaban J connectivity index is 2.46. The van der Waals surface area contributed by atoms with E-state index in [0.29, 0.717) is 13.1 Å². The predicted octanol–water partition coefficient (Wildman–Crippen LogP) is 0.202. The van der Waals surface area contributed by atoms with Crippen molar-refractivity contribution in [3.63, 3.8) is 0 Å². The molecule has 0 amide bonds. The number of sulfonamides is 1. The van der Waals surface area contributed by atoms with Crippen LogP contribution in [0.2, 0.25) is 0 Å². The summed E-state index contributed by atoms with van der Waals surface area (Å²) in [5, 5.41) is 3.17. The molecule has 0 radical (unpaired) electrons. The highest BCUT2D eigenvalue weighted by Crippen LogP contribution is 2.02. The molecule has 0 aliphatic rings. The molecular formula is C11H20N4O2S. The van der Waals surface area contributed by atoms with Gasteiger partial charge in [0.15, 0.2) is 0 Å². The zero-order valence-electron chi connectivity index (χ0n) is 11.2. The van der Waals surface area contributed by atoms with Gasteiger partial charge in [0.2, 0.25) is 10.0 Å². The van der Waals surface area contributed by atoms with Crippen molar-refractivity contribution in [1.29, 1.82) is 0 Å². The van der Waals surface area contributed by atoms with E-state index >= 15 is 0 Å². The molecule has 0 bridgehead atoms. The van der Waals surface area contributed by atoms with Crippen molar-refractivity contribution >= 4 is 10.0 Å². The van der Waals surface area contributed by atoms with E-state index in [0.717, 1.165) is 17.8 Å². The van der Waals surface area contributed by atoms with Gasteiger partial charge in [-0.3, -0.25) is 0 Å². The normalized spacial score (nSPS) is 12.7. The van der Waals surface area contributed by atoms with Crippen LogP contribution < -0.4 is 10.0 Å². The molecule has 102 valence electrons. The van der Waals surface area contributed by atoms with E-state index in [2.05, 4.69) is 20.0 Å². The van der Waals surface area contributed by atoms with Crippen LogP contribution in [0.4, 0.5) is 0 Å². The van der Waals surface area contributed by atoms with Crippen LogP contribution in [0.1, 0.15) is 25.4 Å². The maximum Gasteiger partial charge on any atom is 0.209 e. The van der Waals surface area contributed by atoms with Crippen molar-refractivity contribution in [3.8, 4) is 0 Å². The van der Waals surface area contributed by atoms with E-state index in [-0.39, 0.29) is 0 Å². The maximum absolute atomic E-state index is 11.2. The highest BCUT2D eigenvalue weighted by atomic mass is 32.2. The molecule has 1 aromatic heterocycles. The van der Waals surface area contributed by atoms with Crippen LogP contribution in [-0.2, 0) is 16.6 Å². The van der Waals surface area contributed by atoms with E-state index in [1.165, 1.54) is 0 Å². The van der Waals surface area contributed by atoms with Crippen LogP contribution in [0.5, 0.6) is 0 Å². The van der Waals surface area contributed by atoms with Gasteiger partial charge in [0.1, 0.15) is 5.82 Å². The molecule has 0 saturated carbocycles. The lowest BCUT2D eigenvalue weighted by molar-refractivity contribution is 0.419. The minimum absolute atomic E-state index is 0.517. The van der Waals surface area contributed by atoms with Gasteiger partial charge in [-0.25, -0.2) is 23.1 Å². The van der Waals surface area contributed by atoms with Gasteiger partial charge >= 0.3 is 0 Å². The largest absolute Gasteiger partial charge is 0.309 e. The number of hydrogen-bond donors (Lipinski definition) is 2. The molecule has 0 aromatic carbocycles. The average molecular weight is 272 g/mol. The van der Waals surface area contributed by atoms with E-state index in [9.17, 15) is 8.42 Å². The summed E-state index contributed by atoms with van der Waals surface area (Å²) in [5.74, 6) is 0.725.